The molecule has 0 aliphatic heterocycles. The van der Waals surface area contributed by atoms with E-state index in [0.29, 0.717) is 0 Å². The second-order valence-electron chi connectivity index (χ2n) is 3.39. The molecule has 0 aliphatic rings. The first kappa shape index (κ1) is 9.65. The Morgan fingerprint density at radius 2 is 2.29 bits per heavy atom. The van der Waals surface area contributed by atoms with Gasteiger partial charge in [0.1, 0.15) is 0 Å². The van der Waals surface area contributed by atoms with Gasteiger partial charge in [-0.05, 0) is 40.9 Å². The minimum absolute atomic E-state index is 0.925. The summed E-state index contributed by atoms with van der Waals surface area (Å²) < 4.78 is 2.88. The average Bonchev–Trinajstić information content (AvgIpc) is 2.48. The van der Waals surface area contributed by atoms with E-state index in [9.17, 15) is 0 Å². The molecule has 0 fully saturated rings. The minimum Gasteiger partial charge on any atom is -0.219 e. The third-order valence-corrected chi connectivity index (χ3v) is 2.54. The molecular formula is C10H12BrN3. The summed E-state index contributed by atoms with van der Waals surface area (Å²) in [5.41, 5.74) is 2.10. The maximum atomic E-state index is 4.47. The highest BCUT2D eigenvalue weighted by molar-refractivity contribution is 9.10. The lowest BCUT2D eigenvalue weighted by atomic mass is 10.3. The Morgan fingerprint density at radius 3 is 3.00 bits per heavy atom. The van der Waals surface area contributed by atoms with Crippen molar-refractivity contribution < 1.29 is 0 Å². The van der Waals surface area contributed by atoms with Gasteiger partial charge < -0.3 is 0 Å². The molecule has 0 unspecified atom stereocenters. The Labute approximate surface area is 91.3 Å². The smallest absolute Gasteiger partial charge is 0.158 e. The van der Waals surface area contributed by atoms with E-state index in [1.165, 1.54) is 0 Å². The highest BCUT2D eigenvalue weighted by atomic mass is 79.9. The van der Waals surface area contributed by atoms with Gasteiger partial charge in [-0.15, -0.1) is 0 Å². The van der Waals surface area contributed by atoms with E-state index in [4.69, 9.17) is 0 Å². The Hall–Kier alpha value is -0.900. The van der Waals surface area contributed by atoms with Crippen LogP contribution in [0.2, 0.25) is 0 Å². The zero-order valence-electron chi connectivity index (χ0n) is 8.29. The van der Waals surface area contributed by atoms with Crippen LogP contribution in [0, 0.1) is 6.92 Å². The molecule has 0 saturated carbocycles. The Morgan fingerprint density at radius 1 is 1.50 bits per heavy atom. The maximum Gasteiger partial charge on any atom is 0.158 e. The minimum atomic E-state index is 0.925. The summed E-state index contributed by atoms with van der Waals surface area (Å²) in [6.45, 7) is 4.18. The van der Waals surface area contributed by atoms with Crippen LogP contribution in [0.4, 0.5) is 0 Å². The third-order valence-electron chi connectivity index (χ3n) is 2.10. The number of aryl methyl sites for hydroxylation is 2. The molecule has 0 N–H and O–H groups in total. The van der Waals surface area contributed by atoms with Gasteiger partial charge in [-0.1, -0.05) is 6.92 Å². The fourth-order valence-electron chi connectivity index (χ4n) is 1.48. The topological polar surface area (TPSA) is 30.2 Å². The third kappa shape index (κ3) is 1.66. The molecule has 0 saturated heterocycles. The molecule has 0 amide bonds. The zero-order chi connectivity index (χ0) is 10.1. The van der Waals surface area contributed by atoms with Gasteiger partial charge in [0, 0.05) is 17.1 Å². The summed E-state index contributed by atoms with van der Waals surface area (Å²) >= 11 is 3.44. The number of halogens is 1. The molecule has 74 valence electrons. The molecule has 0 bridgehead atoms. The molecule has 0 spiro atoms. The number of aromatic nitrogens is 3. The van der Waals surface area contributed by atoms with Crippen LogP contribution >= 0.6 is 15.9 Å². The lowest BCUT2D eigenvalue weighted by molar-refractivity contribution is 0.817. The lowest BCUT2D eigenvalue weighted by Crippen LogP contribution is -1.90. The van der Waals surface area contributed by atoms with Crippen LogP contribution in [0.25, 0.3) is 5.65 Å². The first-order valence-electron chi connectivity index (χ1n) is 4.72. The first-order valence-corrected chi connectivity index (χ1v) is 5.51. The molecular weight excluding hydrogens is 242 g/mol. The molecule has 0 atom stereocenters. The number of hydrogen-bond donors (Lipinski definition) is 0. The van der Waals surface area contributed by atoms with Crippen molar-refractivity contribution in [2.75, 3.05) is 0 Å². The highest BCUT2D eigenvalue weighted by Gasteiger charge is 2.05. The predicted octanol–water partition coefficient (Wildman–Crippen LogP) is 2.75. The molecule has 2 heterocycles. The van der Waals surface area contributed by atoms with E-state index in [1.807, 2.05) is 17.6 Å². The van der Waals surface area contributed by atoms with Gasteiger partial charge in [0.25, 0.3) is 0 Å². The van der Waals surface area contributed by atoms with Crippen LogP contribution in [0.3, 0.4) is 0 Å². The molecule has 2 aromatic rings. The maximum absolute atomic E-state index is 4.47. The van der Waals surface area contributed by atoms with E-state index in [2.05, 4.69) is 39.0 Å². The SMILES string of the molecule is CCCc1nc2c(C)cc(Br)cn2n1. The number of pyridine rings is 1. The van der Waals surface area contributed by atoms with Crippen LogP contribution in [0.5, 0.6) is 0 Å². The molecule has 3 nitrogen and oxygen atoms in total. The van der Waals surface area contributed by atoms with Crippen LogP contribution in [0.1, 0.15) is 24.7 Å². The second-order valence-corrected chi connectivity index (χ2v) is 4.30. The second kappa shape index (κ2) is 3.69. The van der Waals surface area contributed by atoms with E-state index in [0.717, 1.165) is 34.3 Å². The number of nitrogens with zero attached hydrogens (tertiary/aromatic N) is 3. The summed E-state index contributed by atoms with van der Waals surface area (Å²) in [7, 11) is 0. The van der Waals surface area contributed by atoms with E-state index in [1.54, 1.807) is 0 Å². The van der Waals surface area contributed by atoms with Crippen LogP contribution in [0.15, 0.2) is 16.7 Å². The van der Waals surface area contributed by atoms with Gasteiger partial charge in [0.2, 0.25) is 0 Å². The molecule has 2 rings (SSSR count). The largest absolute Gasteiger partial charge is 0.219 e. The van der Waals surface area contributed by atoms with Crippen molar-refractivity contribution in [3.8, 4) is 0 Å². The Bertz CT molecular complexity index is 462. The van der Waals surface area contributed by atoms with Crippen molar-refractivity contribution in [3.63, 3.8) is 0 Å². The standard InChI is InChI=1S/C10H12BrN3/c1-3-4-9-12-10-7(2)5-8(11)6-14(10)13-9/h5-6H,3-4H2,1-2H3. The van der Waals surface area contributed by atoms with E-state index < -0.39 is 0 Å². The van der Waals surface area contributed by atoms with Gasteiger partial charge in [0.15, 0.2) is 11.5 Å². The molecule has 2 aromatic heterocycles. The quantitative estimate of drug-likeness (QED) is 0.824. The summed E-state index contributed by atoms with van der Waals surface area (Å²) in [4.78, 5) is 4.47. The van der Waals surface area contributed by atoms with Gasteiger partial charge in [-0.25, -0.2) is 9.50 Å². The Kier molecular flexibility index (Phi) is 2.54. The number of rotatable bonds is 2. The zero-order valence-corrected chi connectivity index (χ0v) is 9.87. The van der Waals surface area contributed by atoms with Crippen molar-refractivity contribution in [1.29, 1.82) is 0 Å². The van der Waals surface area contributed by atoms with Gasteiger partial charge in [-0.3, -0.25) is 0 Å². The highest BCUT2D eigenvalue weighted by Crippen LogP contribution is 2.15. The van der Waals surface area contributed by atoms with Crippen LogP contribution in [-0.4, -0.2) is 14.6 Å². The van der Waals surface area contributed by atoms with Crippen molar-refractivity contribution >= 4 is 21.6 Å². The van der Waals surface area contributed by atoms with Crippen molar-refractivity contribution in [3.05, 3.63) is 28.1 Å². The van der Waals surface area contributed by atoms with E-state index in [-0.39, 0.29) is 0 Å². The monoisotopic (exact) mass is 253 g/mol. The Balaban J connectivity index is 2.58. The van der Waals surface area contributed by atoms with Crippen molar-refractivity contribution in [1.82, 2.24) is 14.6 Å². The molecule has 0 radical (unpaired) electrons. The predicted molar refractivity (Wildman–Crippen MR) is 59.4 cm³/mol. The number of fused-ring (bicyclic) bond motifs is 1. The van der Waals surface area contributed by atoms with Crippen molar-refractivity contribution in [2.24, 2.45) is 0 Å². The molecule has 14 heavy (non-hydrogen) atoms. The summed E-state index contributed by atoms with van der Waals surface area (Å²) in [6.07, 6.45) is 3.96. The number of hydrogen-bond acceptors (Lipinski definition) is 2. The molecule has 0 aliphatic carbocycles. The lowest BCUT2D eigenvalue weighted by Gasteiger charge is -1.96. The summed E-state index contributed by atoms with van der Waals surface area (Å²) in [5.74, 6) is 0.925. The summed E-state index contributed by atoms with van der Waals surface area (Å²) in [6, 6.07) is 2.06. The van der Waals surface area contributed by atoms with Crippen LogP contribution < -0.4 is 0 Å². The van der Waals surface area contributed by atoms with Gasteiger partial charge >= 0.3 is 0 Å². The van der Waals surface area contributed by atoms with Crippen molar-refractivity contribution in [2.45, 2.75) is 26.7 Å². The van der Waals surface area contributed by atoms with E-state index >= 15 is 0 Å². The van der Waals surface area contributed by atoms with Crippen LogP contribution in [-0.2, 0) is 6.42 Å². The average molecular weight is 254 g/mol. The molecule has 0 aromatic carbocycles. The first-order chi connectivity index (χ1) is 6.70. The van der Waals surface area contributed by atoms with Gasteiger partial charge in [0.05, 0.1) is 0 Å². The fraction of sp³-hybridized carbons (Fsp3) is 0.400. The summed E-state index contributed by atoms with van der Waals surface area (Å²) in [5, 5.41) is 4.40. The van der Waals surface area contributed by atoms with Gasteiger partial charge in [-0.2, -0.15) is 5.10 Å². The molecule has 4 heteroatoms. The normalized spacial score (nSPS) is 11.1. The fourth-order valence-corrected chi connectivity index (χ4v) is 2.02.